The molecule has 0 aliphatic carbocycles. The molecule has 0 aromatic heterocycles. The molecule has 2 aromatic carbocycles. The Morgan fingerprint density at radius 2 is 2.00 bits per heavy atom. The third kappa shape index (κ3) is 4.33. The SMILES string of the molecule is C#CCOc1ccc(/C=C2\SC(=O)N(c3cccc(Cl)c3)C2=O)cc1OCC. The summed E-state index contributed by atoms with van der Waals surface area (Å²) >= 11 is 6.85. The number of amides is 2. The van der Waals surface area contributed by atoms with Crippen LogP contribution in [0.2, 0.25) is 5.02 Å². The molecule has 0 saturated carbocycles. The highest BCUT2D eigenvalue weighted by Crippen LogP contribution is 2.37. The number of hydrogen-bond donors (Lipinski definition) is 0. The van der Waals surface area contributed by atoms with Crippen molar-refractivity contribution in [3.63, 3.8) is 0 Å². The van der Waals surface area contributed by atoms with Gasteiger partial charge in [-0.25, -0.2) is 4.90 Å². The van der Waals surface area contributed by atoms with Gasteiger partial charge in [-0.1, -0.05) is 29.7 Å². The maximum atomic E-state index is 12.7. The fourth-order valence-electron chi connectivity index (χ4n) is 2.58. The van der Waals surface area contributed by atoms with Gasteiger partial charge < -0.3 is 9.47 Å². The largest absolute Gasteiger partial charge is 0.490 e. The molecule has 1 aliphatic rings. The highest BCUT2D eigenvalue weighted by Gasteiger charge is 2.36. The van der Waals surface area contributed by atoms with Gasteiger partial charge in [0.05, 0.1) is 17.2 Å². The summed E-state index contributed by atoms with van der Waals surface area (Å²) in [6.45, 7) is 2.42. The van der Waals surface area contributed by atoms with E-state index >= 15 is 0 Å². The number of halogens is 1. The van der Waals surface area contributed by atoms with Gasteiger partial charge in [0.25, 0.3) is 11.1 Å². The molecule has 7 heteroatoms. The molecule has 28 heavy (non-hydrogen) atoms. The van der Waals surface area contributed by atoms with Crippen LogP contribution in [0.15, 0.2) is 47.4 Å². The fourth-order valence-corrected chi connectivity index (χ4v) is 3.60. The van der Waals surface area contributed by atoms with E-state index in [1.54, 1.807) is 48.5 Å². The summed E-state index contributed by atoms with van der Waals surface area (Å²) in [6.07, 6.45) is 6.87. The van der Waals surface area contributed by atoms with Crippen LogP contribution in [0.4, 0.5) is 10.5 Å². The van der Waals surface area contributed by atoms with Crippen LogP contribution in [0.3, 0.4) is 0 Å². The molecule has 1 heterocycles. The minimum absolute atomic E-state index is 0.123. The minimum atomic E-state index is -0.400. The summed E-state index contributed by atoms with van der Waals surface area (Å²) in [4.78, 5) is 26.5. The summed E-state index contributed by atoms with van der Waals surface area (Å²) < 4.78 is 11.0. The molecule has 2 aromatic rings. The lowest BCUT2D eigenvalue weighted by molar-refractivity contribution is -0.113. The van der Waals surface area contributed by atoms with E-state index in [4.69, 9.17) is 27.5 Å². The van der Waals surface area contributed by atoms with Crippen LogP contribution in [0.1, 0.15) is 12.5 Å². The normalized spacial score (nSPS) is 15.0. The van der Waals surface area contributed by atoms with Gasteiger partial charge in [-0.05, 0) is 60.7 Å². The summed E-state index contributed by atoms with van der Waals surface area (Å²) in [7, 11) is 0. The lowest BCUT2D eigenvalue weighted by atomic mass is 10.1. The molecule has 1 aliphatic heterocycles. The van der Waals surface area contributed by atoms with Crippen molar-refractivity contribution in [2.45, 2.75) is 6.92 Å². The van der Waals surface area contributed by atoms with Crippen LogP contribution in [0.5, 0.6) is 11.5 Å². The van der Waals surface area contributed by atoms with Gasteiger partial charge in [-0.15, -0.1) is 6.42 Å². The van der Waals surface area contributed by atoms with E-state index in [9.17, 15) is 9.59 Å². The first-order chi connectivity index (χ1) is 13.5. The summed E-state index contributed by atoms with van der Waals surface area (Å²) in [5, 5.41) is 0.0713. The Kier molecular flexibility index (Phi) is 6.30. The first-order valence-electron chi connectivity index (χ1n) is 8.40. The predicted octanol–water partition coefficient (Wildman–Crippen LogP) is 4.99. The molecule has 0 radical (unpaired) electrons. The average molecular weight is 414 g/mol. The second-order valence-corrected chi connectivity index (χ2v) is 7.06. The zero-order chi connectivity index (χ0) is 20.1. The third-order valence-electron chi connectivity index (χ3n) is 3.74. The smallest absolute Gasteiger partial charge is 0.298 e. The quantitative estimate of drug-likeness (QED) is 0.493. The van der Waals surface area contributed by atoms with Gasteiger partial charge in [-0.2, -0.15) is 0 Å². The van der Waals surface area contributed by atoms with Crippen molar-refractivity contribution in [1.82, 2.24) is 0 Å². The molecule has 0 spiro atoms. The lowest BCUT2D eigenvalue weighted by Gasteiger charge is -2.12. The molecule has 3 rings (SSSR count). The summed E-state index contributed by atoms with van der Waals surface area (Å²) in [6, 6.07) is 11.8. The maximum absolute atomic E-state index is 12.7. The summed E-state index contributed by atoms with van der Waals surface area (Å²) in [5.41, 5.74) is 1.14. The topological polar surface area (TPSA) is 55.8 Å². The average Bonchev–Trinajstić information content (AvgIpc) is 2.94. The van der Waals surface area contributed by atoms with Crippen molar-refractivity contribution in [2.24, 2.45) is 0 Å². The number of carbonyl (C=O) groups is 2. The first-order valence-corrected chi connectivity index (χ1v) is 9.59. The van der Waals surface area contributed by atoms with Crippen LogP contribution >= 0.6 is 23.4 Å². The van der Waals surface area contributed by atoms with Gasteiger partial charge in [0, 0.05) is 5.02 Å². The monoisotopic (exact) mass is 413 g/mol. The molecule has 0 bridgehead atoms. The van der Waals surface area contributed by atoms with Crippen LogP contribution < -0.4 is 14.4 Å². The first kappa shape index (κ1) is 19.9. The molecule has 142 valence electrons. The second-order valence-electron chi connectivity index (χ2n) is 5.63. The number of carbonyl (C=O) groups excluding carboxylic acids is 2. The fraction of sp³-hybridized carbons (Fsp3) is 0.143. The number of benzene rings is 2. The third-order valence-corrected chi connectivity index (χ3v) is 4.84. The molecular weight excluding hydrogens is 398 g/mol. The van der Waals surface area contributed by atoms with Crippen LogP contribution in [0, 0.1) is 12.3 Å². The molecular formula is C21H16ClNO4S. The zero-order valence-corrected chi connectivity index (χ0v) is 16.5. The maximum Gasteiger partial charge on any atom is 0.298 e. The number of imide groups is 1. The van der Waals surface area contributed by atoms with E-state index in [-0.39, 0.29) is 11.8 Å². The van der Waals surface area contributed by atoms with Crippen LogP contribution in [-0.2, 0) is 4.79 Å². The Balaban J connectivity index is 1.89. The highest BCUT2D eigenvalue weighted by molar-refractivity contribution is 8.19. The molecule has 0 unspecified atom stereocenters. The standard InChI is InChI=1S/C21H16ClNO4S/c1-3-10-27-17-9-8-14(11-18(17)26-4-2)12-19-20(24)23(21(25)28-19)16-7-5-6-15(22)13-16/h1,5-9,11-13H,4,10H2,2H3/b19-12-. The second kappa shape index (κ2) is 8.87. The number of nitrogens with zero attached hydrogens (tertiary/aromatic N) is 1. The number of terminal acetylenes is 1. The predicted molar refractivity (Wildman–Crippen MR) is 112 cm³/mol. The van der Waals surface area contributed by atoms with Gasteiger partial charge in [0.15, 0.2) is 11.5 Å². The highest BCUT2D eigenvalue weighted by atomic mass is 35.5. The van der Waals surface area contributed by atoms with Crippen molar-refractivity contribution in [1.29, 1.82) is 0 Å². The molecule has 5 nitrogen and oxygen atoms in total. The van der Waals surface area contributed by atoms with Crippen LogP contribution in [-0.4, -0.2) is 24.4 Å². The van der Waals surface area contributed by atoms with Gasteiger partial charge in [0.1, 0.15) is 6.61 Å². The van der Waals surface area contributed by atoms with E-state index < -0.39 is 5.91 Å². The van der Waals surface area contributed by atoms with Gasteiger partial charge in [0.2, 0.25) is 0 Å². The molecule has 2 amide bonds. The Hall–Kier alpha value is -2.88. The van der Waals surface area contributed by atoms with E-state index in [2.05, 4.69) is 5.92 Å². The van der Waals surface area contributed by atoms with E-state index in [0.717, 1.165) is 16.7 Å². The van der Waals surface area contributed by atoms with Crippen molar-refractivity contribution in [3.05, 3.63) is 58.0 Å². The van der Waals surface area contributed by atoms with Gasteiger partial charge >= 0.3 is 0 Å². The van der Waals surface area contributed by atoms with E-state index in [1.807, 2.05) is 6.92 Å². The number of anilines is 1. The number of hydrogen-bond acceptors (Lipinski definition) is 5. The van der Waals surface area contributed by atoms with Crippen LogP contribution in [0.25, 0.3) is 6.08 Å². The van der Waals surface area contributed by atoms with Crippen molar-refractivity contribution < 1.29 is 19.1 Å². The molecule has 0 atom stereocenters. The zero-order valence-electron chi connectivity index (χ0n) is 15.0. The Morgan fingerprint density at radius 1 is 1.18 bits per heavy atom. The Morgan fingerprint density at radius 3 is 2.71 bits per heavy atom. The van der Waals surface area contributed by atoms with E-state index in [0.29, 0.717) is 39.3 Å². The van der Waals surface area contributed by atoms with Crippen molar-refractivity contribution >= 4 is 46.3 Å². The lowest BCUT2D eigenvalue weighted by Crippen LogP contribution is -2.27. The number of ether oxygens (including phenoxy) is 2. The van der Waals surface area contributed by atoms with Crippen molar-refractivity contribution in [3.8, 4) is 23.8 Å². The van der Waals surface area contributed by atoms with Gasteiger partial charge in [-0.3, -0.25) is 9.59 Å². The van der Waals surface area contributed by atoms with E-state index in [1.165, 1.54) is 0 Å². The molecule has 1 fully saturated rings. The molecule has 1 saturated heterocycles. The number of thioether (sulfide) groups is 1. The van der Waals surface area contributed by atoms with Crippen molar-refractivity contribution in [2.75, 3.05) is 18.1 Å². The Bertz CT molecular complexity index is 996. The summed E-state index contributed by atoms with van der Waals surface area (Å²) in [5.74, 6) is 3.04. The minimum Gasteiger partial charge on any atom is -0.490 e. The molecule has 0 N–H and O–H groups in total. The number of rotatable bonds is 6. The Labute approximate surface area is 172 Å².